The number of nitrogens with one attached hydrogen (secondary N) is 1. The molecule has 1 unspecified atom stereocenters. The topological polar surface area (TPSA) is 58.6 Å². The molecule has 1 N–H and O–H groups in total. The molecule has 2 aromatic rings. The van der Waals surface area contributed by atoms with E-state index in [0.717, 1.165) is 17.7 Å². The van der Waals surface area contributed by atoms with Crippen molar-refractivity contribution in [1.82, 2.24) is 9.62 Å². The summed E-state index contributed by atoms with van der Waals surface area (Å²) in [6, 6.07) is 12.9. The minimum absolute atomic E-state index is 0.0602. The van der Waals surface area contributed by atoms with Gasteiger partial charge in [-0.15, -0.1) is 0 Å². The summed E-state index contributed by atoms with van der Waals surface area (Å²) in [6.45, 7) is 1.01. The van der Waals surface area contributed by atoms with Crippen LogP contribution in [0.5, 0.6) is 5.75 Å². The first-order valence-corrected chi connectivity index (χ1v) is 10.5. The molecule has 0 saturated heterocycles. The van der Waals surface area contributed by atoms with E-state index < -0.39 is 10.0 Å². The standard InChI is InChI=1S/C19H23ClN2O3S/c1-22(2)18(15-6-7-19-16(11-15)8-9-25-19)12-21-26(23,24)13-14-4-3-5-17(20)10-14/h3-7,10-11,18,21H,8-9,12-13H2,1-2H3. The average Bonchev–Trinajstić information content (AvgIpc) is 3.02. The van der Waals surface area contributed by atoms with Crippen molar-refractivity contribution in [2.24, 2.45) is 0 Å². The van der Waals surface area contributed by atoms with E-state index in [9.17, 15) is 8.42 Å². The fraction of sp³-hybridized carbons (Fsp3) is 0.368. The van der Waals surface area contributed by atoms with Gasteiger partial charge >= 0.3 is 0 Å². The summed E-state index contributed by atoms with van der Waals surface area (Å²) in [7, 11) is 0.429. The van der Waals surface area contributed by atoms with E-state index in [4.69, 9.17) is 16.3 Å². The molecule has 1 atom stereocenters. The van der Waals surface area contributed by atoms with E-state index in [1.54, 1.807) is 24.3 Å². The van der Waals surface area contributed by atoms with Crippen molar-refractivity contribution in [3.63, 3.8) is 0 Å². The van der Waals surface area contributed by atoms with Crippen LogP contribution in [0.2, 0.25) is 5.02 Å². The van der Waals surface area contributed by atoms with Crippen LogP contribution in [-0.2, 0) is 22.2 Å². The van der Waals surface area contributed by atoms with Gasteiger partial charge in [-0.05, 0) is 49.0 Å². The monoisotopic (exact) mass is 394 g/mol. The Morgan fingerprint density at radius 1 is 1.23 bits per heavy atom. The average molecular weight is 395 g/mol. The number of rotatable bonds is 7. The first kappa shape index (κ1) is 19.2. The highest BCUT2D eigenvalue weighted by atomic mass is 35.5. The number of sulfonamides is 1. The van der Waals surface area contributed by atoms with Crippen molar-refractivity contribution in [3.8, 4) is 5.75 Å². The Kier molecular flexibility index (Phi) is 5.87. The van der Waals surface area contributed by atoms with Crippen LogP contribution in [0, 0.1) is 0 Å². The molecule has 0 spiro atoms. The van der Waals surface area contributed by atoms with Crippen molar-refractivity contribution in [2.75, 3.05) is 27.2 Å². The number of fused-ring (bicyclic) bond motifs is 1. The lowest BCUT2D eigenvalue weighted by Crippen LogP contribution is -2.35. The molecule has 1 aliphatic heterocycles. The lowest BCUT2D eigenvalue weighted by atomic mass is 10.0. The SMILES string of the molecule is CN(C)C(CNS(=O)(=O)Cc1cccc(Cl)c1)c1ccc2c(c1)CCO2. The molecule has 0 amide bonds. The summed E-state index contributed by atoms with van der Waals surface area (Å²) in [5.74, 6) is 0.832. The minimum Gasteiger partial charge on any atom is -0.493 e. The van der Waals surface area contributed by atoms with Crippen molar-refractivity contribution in [2.45, 2.75) is 18.2 Å². The summed E-state index contributed by atoms with van der Waals surface area (Å²) in [5.41, 5.74) is 2.92. The van der Waals surface area contributed by atoms with Crippen LogP contribution in [0.4, 0.5) is 0 Å². The molecule has 0 fully saturated rings. The first-order valence-electron chi connectivity index (χ1n) is 8.48. The van der Waals surface area contributed by atoms with Crippen LogP contribution in [0.3, 0.4) is 0 Å². The summed E-state index contributed by atoms with van der Waals surface area (Å²) < 4.78 is 33.2. The van der Waals surface area contributed by atoms with Gasteiger partial charge in [-0.3, -0.25) is 0 Å². The van der Waals surface area contributed by atoms with Gasteiger partial charge in [0, 0.05) is 24.0 Å². The lowest BCUT2D eigenvalue weighted by Gasteiger charge is -2.25. The van der Waals surface area contributed by atoms with E-state index in [2.05, 4.69) is 10.8 Å². The molecule has 2 aromatic carbocycles. The fourth-order valence-electron chi connectivity index (χ4n) is 3.12. The number of halogens is 1. The maximum Gasteiger partial charge on any atom is 0.215 e. The van der Waals surface area contributed by atoms with Crippen LogP contribution < -0.4 is 9.46 Å². The molecule has 0 bridgehead atoms. The summed E-state index contributed by atoms with van der Waals surface area (Å²) in [5, 5.41) is 0.532. The molecule has 26 heavy (non-hydrogen) atoms. The van der Waals surface area contributed by atoms with Gasteiger partial charge in [0.15, 0.2) is 0 Å². The zero-order chi connectivity index (χ0) is 18.7. The van der Waals surface area contributed by atoms with Gasteiger partial charge in [0.1, 0.15) is 5.75 Å². The number of likely N-dealkylation sites (N-methyl/N-ethyl adjacent to an activating group) is 1. The molecular formula is C19H23ClN2O3S. The van der Waals surface area contributed by atoms with Gasteiger partial charge in [-0.1, -0.05) is 35.9 Å². The minimum atomic E-state index is -3.46. The van der Waals surface area contributed by atoms with Crippen LogP contribution >= 0.6 is 11.6 Å². The smallest absolute Gasteiger partial charge is 0.215 e. The summed E-state index contributed by atoms with van der Waals surface area (Å²) in [4.78, 5) is 2.01. The number of hydrogen-bond donors (Lipinski definition) is 1. The van der Waals surface area contributed by atoms with Gasteiger partial charge in [-0.2, -0.15) is 0 Å². The molecule has 1 aliphatic rings. The molecule has 0 radical (unpaired) electrons. The Labute approximate surface area is 160 Å². The Morgan fingerprint density at radius 3 is 2.77 bits per heavy atom. The predicted molar refractivity (Wildman–Crippen MR) is 104 cm³/mol. The molecule has 7 heteroatoms. The van der Waals surface area contributed by atoms with Gasteiger partial charge in [0.2, 0.25) is 10.0 Å². The van der Waals surface area contributed by atoms with Gasteiger partial charge < -0.3 is 9.64 Å². The van der Waals surface area contributed by atoms with Crippen LogP contribution in [0.1, 0.15) is 22.7 Å². The second kappa shape index (κ2) is 7.96. The highest BCUT2D eigenvalue weighted by Crippen LogP contribution is 2.29. The third-order valence-electron chi connectivity index (χ3n) is 4.46. The van der Waals surface area contributed by atoms with Gasteiger partial charge in [-0.25, -0.2) is 13.1 Å². The largest absolute Gasteiger partial charge is 0.493 e. The highest BCUT2D eigenvalue weighted by molar-refractivity contribution is 7.88. The zero-order valence-electron chi connectivity index (χ0n) is 14.9. The van der Waals surface area contributed by atoms with Crippen LogP contribution in [0.15, 0.2) is 42.5 Å². The second-order valence-corrected chi connectivity index (χ2v) is 8.93. The zero-order valence-corrected chi connectivity index (χ0v) is 16.5. The molecule has 0 aromatic heterocycles. The summed E-state index contributed by atoms with van der Waals surface area (Å²) >= 11 is 5.94. The molecule has 0 aliphatic carbocycles. The fourth-order valence-corrected chi connectivity index (χ4v) is 4.46. The van der Waals surface area contributed by atoms with E-state index in [0.29, 0.717) is 23.7 Å². The highest BCUT2D eigenvalue weighted by Gasteiger charge is 2.21. The van der Waals surface area contributed by atoms with Crippen molar-refractivity contribution >= 4 is 21.6 Å². The van der Waals surface area contributed by atoms with Crippen LogP contribution in [0.25, 0.3) is 0 Å². The maximum atomic E-state index is 12.5. The van der Waals surface area contributed by atoms with E-state index in [-0.39, 0.29) is 11.8 Å². The van der Waals surface area contributed by atoms with Gasteiger partial charge in [0.25, 0.3) is 0 Å². The number of ether oxygens (including phenoxy) is 1. The van der Waals surface area contributed by atoms with E-state index in [1.807, 2.05) is 31.1 Å². The van der Waals surface area contributed by atoms with Crippen LogP contribution in [-0.4, -0.2) is 40.6 Å². The predicted octanol–water partition coefficient (Wildman–Crippen LogP) is 3.00. The molecule has 140 valence electrons. The van der Waals surface area contributed by atoms with Gasteiger partial charge in [0.05, 0.1) is 12.4 Å². The van der Waals surface area contributed by atoms with E-state index in [1.165, 1.54) is 5.56 Å². The van der Waals surface area contributed by atoms with Crippen molar-refractivity contribution in [1.29, 1.82) is 0 Å². The first-order chi connectivity index (χ1) is 12.3. The molecule has 3 rings (SSSR count). The molecule has 1 heterocycles. The third kappa shape index (κ3) is 4.76. The second-order valence-electron chi connectivity index (χ2n) is 6.68. The van der Waals surface area contributed by atoms with Crippen molar-refractivity contribution < 1.29 is 13.2 Å². The Balaban J connectivity index is 1.70. The Bertz CT molecular complexity index is 884. The third-order valence-corrected chi connectivity index (χ3v) is 6.02. The quantitative estimate of drug-likeness (QED) is 0.784. The lowest BCUT2D eigenvalue weighted by molar-refractivity contribution is 0.299. The number of nitrogens with zero attached hydrogens (tertiary/aromatic N) is 1. The number of hydrogen-bond acceptors (Lipinski definition) is 4. The Hall–Kier alpha value is -1.60. The molecule has 0 saturated carbocycles. The number of benzene rings is 2. The Morgan fingerprint density at radius 2 is 2.04 bits per heavy atom. The van der Waals surface area contributed by atoms with E-state index >= 15 is 0 Å². The summed E-state index contributed by atoms with van der Waals surface area (Å²) in [6.07, 6.45) is 0.893. The molecular weight excluding hydrogens is 372 g/mol. The maximum absolute atomic E-state index is 12.5. The normalized spacial score (nSPS) is 14.9. The molecule has 5 nitrogen and oxygen atoms in total. The van der Waals surface area contributed by atoms with Crippen molar-refractivity contribution in [3.05, 3.63) is 64.2 Å².